The minimum absolute atomic E-state index is 0.114. The van der Waals surface area contributed by atoms with Crippen molar-refractivity contribution < 1.29 is 18.7 Å². The van der Waals surface area contributed by atoms with Gasteiger partial charge in [-0.1, -0.05) is 12.1 Å². The molecule has 10 nitrogen and oxygen atoms in total. The van der Waals surface area contributed by atoms with Gasteiger partial charge in [0.15, 0.2) is 12.2 Å². The maximum Gasteiger partial charge on any atom is 0.407 e. The van der Waals surface area contributed by atoms with Gasteiger partial charge in [0.05, 0.1) is 18.7 Å². The third kappa shape index (κ3) is 7.87. The Hall–Kier alpha value is -4.36. The van der Waals surface area contributed by atoms with Gasteiger partial charge >= 0.3 is 12.1 Å². The van der Waals surface area contributed by atoms with Crippen LogP contribution in [0.5, 0.6) is 0 Å². The number of anilines is 2. The minimum Gasteiger partial charge on any atom is -0.444 e. The van der Waals surface area contributed by atoms with E-state index >= 15 is 0 Å². The number of ether oxygens (including phenoxy) is 1. The number of carbonyl (C=O) groups is 2. The van der Waals surface area contributed by atoms with Crippen molar-refractivity contribution in [2.24, 2.45) is 0 Å². The Bertz CT molecular complexity index is 1190. The van der Waals surface area contributed by atoms with Crippen LogP contribution in [0.2, 0.25) is 0 Å². The van der Waals surface area contributed by atoms with E-state index in [9.17, 15) is 9.59 Å². The van der Waals surface area contributed by atoms with Gasteiger partial charge in [-0.25, -0.2) is 14.6 Å². The average molecular weight is 477 g/mol. The van der Waals surface area contributed by atoms with Crippen LogP contribution < -0.4 is 16.0 Å². The molecule has 0 aliphatic rings. The first-order chi connectivity index (χ1) is 16.8. The van der Waals surface area contributed by atoms with Gasteiger partial charge in [-0.2, -0.15) is 5.26 Å². The number of hydrogen-bond donors (Lipinski definition) is 3. The first-order valence-electron chi connectivity index (χ1n) is 11.0. The van der Waals surface area contributed by atoms with Crippen molar-refractivity contribution in [3.05, 3.63) is 66.2 Å². The maximum atomic E-state index is 12.5. The Balaban J connectivity index is 1.52. The van der Waals surface area contributed by atoms with Gasteiger partial charge in [0.2, 0.25) is 0 Å². The first kappa shape index (κ1) is 25.3. The zero-order valence-electron chi connectivity index (χ0n) is 19.9. The fourth-order valence-corrected chi connectivity index (χ4v) is 3.44. The Labute approximate surface area is 203 Å². The summed E-state index contributed by atoms with van der Waals surface area (Å²) in [6.45, 7) is 2.59. The van der Waals surface area contributed by atoms with Gasteiger partial charge in [0.1, 0.15) is 6.10 Å². The zero-order chi connectivity index (χ0) is 25.2. The number of amides is 3. The summed E-state index contributed by atoms with van der Waals surface area (Å²) < 4.78 is 10.7. The molecule has 0 unspecified atom stereocenters. The predicted octanol–water partition coefficient (Wildman–Crippen LogP) is 4.36. The number of urea groups is 1. The van der Waals surface area contributed by atoms with Crippen LogP contribution in [-0.2, 0) is 11.3 Å². The van der Waals surface area contributed by atoms with Gasteiger partial charge in [0, 0.05) is 30.0 Å². The lowest BCUT2D eigenvalue weighted by molar-refractivity contribution is 0.0830. The van der Waals surface area contributed by atoms with Crippen molar-refractivity contribution in [2.45, 2.75) is 26.0 Å². The van der Waals surface area contributed by atoms with E-state index in [4.69, 9.17) is 14.4 Å². The molecule has 0 aliphatic heterocycles. The van der Waals surface area contributed by atoms with Crippen molar-refractivity contribution >= 4 is 23.5 Å². The lowest BCUT2D eigenvalue weighted by Crippen LogP contribution is -2.34. The van der Waals surface area contributed by atoms with Crippen molar-refractivity contribution in [3.63, 3.8) is 0 Å². The van der Waals surface area contributed by atoms with E-state index in [1.165, 1.54) is 6.39 Å². The monoisotopic (exact) mass is 476 g/mol. The first-order valence-corrected chi connectivity index (χ1v) is 11.0. The third-order valence-electron chi connectivity index (χ3n) is 4.97. The number of oxazole rings is 1. The Morgan fingerprint density at radius 2 is 1.94 bits per heavy atom. The number of hydrogen-bond acceptors (Lipinski definition) is 7. The SMILES string of the molecule is Cc1cc(NC(=O)Nc2cccc(CNC(=O)O[C@@H](CC#N)CN(C)C)c2)ccc1-c1cnco1. The highest BCUT2D eigenvalue weighted by atomic mass is 16.6. The number of aryl methyl sites for hydroxylation is 1. The van der Waals surface area contributed by atoms with E-state index in [1.54, 1.807) is 30.5 Å². The number of alkyl carbamates (subject to hydrolysis) is 1. The summed E-state index contributed by atoms with van der Waals surface area (Å²) in [6, 6.07) is 14.2. The fraction of sp³-hybridized carbons (Fsp3) is 0.280. The lowest BCUT2D eigenvalue weighted by atomic mass is 10.1. The molecule has 182 valence electrons. The summed E-state index contributed by atoms with van der Waals surface area (Å²) in [5.41, 5.74) is 3.81. The molecule has 0 fully saturated rings. The highest BCUT2D eigenvalue weighted by Gasteiger charge is 2.15. The molecule has 0 spiro atoms. The van der Waals surface area contributed by atoms with Crippen molar-refractivity contribution in [1.82, 2.24) is 15.2 Å². The van der Waals surface area contributed by atoms with E-state index in [2.05, 4.69) is 20.9 Å². The number of nitrogens with one attached hydrogen (secondary N) is 3. The Morgan fingerprint density at radius 1 is 1.17 bits per heavy atom. The number of benzene rings is 2. The summed E-state index contributed by atoms with van der Waals surface area (Å²) in [5.74, 6) is 0.658. The van der Waals surface area contributed by atoms with Crippen LogP contribution in [0, 0.1) is 18.3 Å². The molecule has 3 amide bonds. The van der Waals surface area contributed by atoms with Crippen molar-refractivity contribution in [1.29, 1.82) is 5.26 Å². The molecule has 0 saturated heterocycles. The predicted molar refractivity (Wildman–Crippen MR) is 132 cm³/mol. The number of likely N-dealkylation sites (N-methyl/N-ethyl adjacent to an activating group) is 1. The van der Waals surface area contributed by atoms with Gasteiger partial charge in [-0.15, -0.1) is 0 Å². The van der Waals surface area contributed by atoms with Crippen LogP contribution in [0.3, 0.4) is 0 Å². The molecule has 1 aromatic heterocycles. The molecule has 1 heterocycles. The number of aromatic nitrogens is 1. The molecule has 3 N–H and O–H groups in total. The zero-order valence-corrected chi connectivity index (χ0v) is 19.9. The lowest BCUT2D eigenvalue weighted by Gasteiger charge is -2.19. The molecular weight excluding hydrogens is 448 g/mol. The van der Waals surface area contributed by atoms with Crippen molar-refractivity contribution in [2.75, 3.05) is 31.3 Å². The molecule has 3 rings (SSSR count). The summed E-state index contributed by atoms with van der Waals surface area (Å²) in [5, 5.41) is 17.2. The summed E-state index contributed by atoms with van der Waals surface area (Å²) in [4.78, 5) is 30.4. The van der Waals surface area contributed by atoms with Crippen LogP contribution in [-0.4, -0.2) is 48.8 Å². The Morgan fingerprint density at radius 3 is 2.60 bits per heavy atom. The highest BCUT2D eigenvalue weighted by Crippen LogP contribution is 2.25. The molecule has 3 aromatic rings. The highest BCUT2D eigenvalue weighted by molar-refractivity contribution is 6.00. The molecule has 10 heteroatoms. The third-order valence-corrected chi connectivity index (χ3v) is 4.97. The number of rotatable bonds is 9. The average Bonchev–Trinajstić information content (AvgIpc) is 3.32. The number of nitrogens with zero attached hydrogens (tertiary/aromatic N) is 3. The topological polar surface area (TPSA) is 133 Å². The van der Waals surface area contributed by atoms with E-state index in [-0.39, 0.29) is 13.0 Å². The second-order valence-electron chi connectivity index (χ2n) is 8.18. The van der Waals surface area contributed by atoms with Crippen molar-refractivity contribution in [3.8, 4) is 17.4 Å². The molecule has 35 heavy (non-hydrogen) atoms. The second-order valence-corrected chi connectivity index (χ2v) is 8.18. The van der Waals surface area contributed by atoms with E-state index in [0.717, 1.165) is 16.7 Å². The standard InChI is InChI=1S/C25H28N6O4/c1-17-11-20(7-8-22(17)23-14-27-16-34-23)30-24(32)29-19-6-4-5-18(12-19)13-28-25(33)35-21(9-10-26)15-31(2)3/h4-8,11-12,14,16,21H,9,13,15H2,1-3H3,(H,28,33)(H2,29,30,32)/t21-/m0/s1. The second kappa shape index (κ2) is 12.2. The summed E-state index contributed by atoms with van der Waals surface area (Å²) >= 11 is 0. The minimum atomic E-state index is -0.604. The maximum absolute atomic E-state index is 12.5. The molecule has 2 aromatic carbocycles. The van der Waals surface area contributed by atoms with Crippen LogP contribution >= 0.6 is 0 Å². The van der Waals surface area contributed by atoms with E-state index in [1.807, 2.05) is 50.2 Å². The number of carbonyl (C=O) groups excluding carboxylic acids is 2. The largest absolute Gasteiger partial charge is 0.444 e. The van der Waals surface area contributed by atoms with Crippen LogP contribution in [0.25, 0.3) is 11.3 Å². The van der Waals surface area contributed by atoms with Crippen LogP contribution in [0.15, 0.2) is 59.5 Å². The van der Waals surface area contributed by atoms with Crippen LogP contribution in [0.1, 0.15) is 17.5 Å². The van der Waals surface area contributed by atoms with E-state index < -0.39 is 18.2 Å². The normalized spacial score (nSPS) is 11.4. The van der Waals surface area contributed by atoms with E-state index in [0.29, 0.717) is 23.7 Å². The van der Waals surface area contributed by atoms with Gasteiger partial charge in [-0.3, -0.25) is 0 Å². The van der Waals surface area contributed by atoms with Crippen LogP contribution in [0.4, 0.5) is 21.0 Å². The fourth-order valence-electron chi connectivity index (χ4n) is 3.44. The molecule has 0 radical (unpaired) electrons. The molecule has 0 aliphatic carbocycles. The van der Waals surface area contributed by atoms with Gasteiger partial charge in [-0.05, 0) is 62.5 Å². The summed E-state index contributed by atoms with van der Waals surface area (Å²) in [6.07, 6.45) is 2.01. The molecule has 0 bridgehead atoms. The van der Waals surface area contributed by atoms with Gasteiger partial charge in [0.25, 0.3) is 0 Å². The quantitative estimate of drug-likeness (QED) is 0.418. The summed E-state index contributed by atoms with van der Waals surface area (Å²) in [7, 11) is 3.68. The molecule has 1 atom stereocenters. The molecule has 0 saturated carbocycles. The Kier molecular flexibility index (Phi) is 8.81. The molecular formula is C25H28N6O4. The van der Waals surface area contributed by atoms with Gasteiger partial charge < -0.3 is 30.0 Å². The smallest absolute Gasteiger partial charge is 0.407 e. The number of nitriles is 1.